The molecule has 0 spiro atoms. The predicted molar refractivity (Wildman–Crippen MR) is 255 cm³/mol. The molecule has 1 radical (unpaired) electrons. The van der Waals surface area contributed by atoms with E-state index in [2.05, 4.69) is 110 Å². The number of carbonyl (C=O) groups excluding carboxylic acids is 1. The van der Waals surface area contributed by atoms with Crippen LogP contribution in [-0.2, 0) is 9.68 Å². The molecule has 11 heteroatoms. The summed E-state index contributed by atoms with van der Waals surface area (Å²) in [4.78, 5) is 16.1. The van der Waals surface area contributed by atoms with Gasteiger partial charge in [0.15, 0.2) is 0 Å². The molecule has 0 aromatic heterocycles. The molecule has 0 heterocycles. The van der Waals surface area contributed by atoms with Crippen LogP contribution in [0.3, 0.4) is 0 Å². The average Bonchev–Trinajstić information content (AvgIpc) is 3.18. The largest absolute Gasteiger partial charge is 1.00 e. The Morgan fingerprint density at radius 1 is 0.446 bits per heavy atom. The SMILES string of the molecule is BrCCCCCCCCCCBr.C=CCN(CC=C)CCCCCCCCCCN(CC=C)CC=C.C=CCNCC=C.C=CCNCC=C.O=CO[O-].[K+].[K]. The van der Waals surface area contributed by atoms with Gasteiger partial charge in [0.2, 0.25) is 0 Å². The Labute approximate surface area is 450 Å². The number of halogens is 2. The van der Waals surface area contributed by atoms with Gasteiger partial charge >= 0.3 is 51.4 Å². The van der Waals surface area contributed by atoms with Gasteiger partial charge in [-0.15, -0.1) is 52.6 Å². The first-order chi connectivity index (χ1) is 26.4. The molecule has 0 aliphatic carbocycles. The third kappa shape index (κ3) is 83.2. The van der Waals surface area contributed by atoms with Crippen molar-refractivity contribution in [3.63, 3.8) is 0 Å². The molecule has 0 saturated carbocycles. The fourth-order valence-corrected chi connectivity index (χ4v) is 5.59. The molecule has 7 nitrogen and oxygen atoms in total. The van der Waals surface area contributed by atoms with Crippen molar-refractivity contribution in [3.05, 3.63) is 101 Å². The summed E-state index contributed by atoms with van der Waals surface area (Å²) >= 11 is 6.90. The molecule has 56 heavy (non-hydrogen) atoms. The van der Waals surface area contributed by atoms with Crippen molar-refractivity contribution < 1.29 is 66.3 Å². The van der Waals surface area contributed by atoms with E-state index in [1.165, 1.54) is 126 Å². The smallest absolute Gasteiger partial charge is 0.662 e. The summed E-state index contributed by atoms with van der Waals surface area (Å²) in [5.74, 6) is 0. The fourth-order valence-electron chi connectivity index (χ4n) is 4.80. The van der Waals surface area contributed by atoms with Crippen LogP contribution in [0.2, 0.25) is 0 Å². The topological polar surface area (TPSA) is 79.9 Å². The van der Waals surface area contributed by atoms with Crippen LogP contribution in [0.15, 0.2) is 101 Å². The third-order valence-corrected chi connectivity index (χ3v) is 8.58. The summed E-state index contributed by atoms with van der Waals surface area (Å²) in [5, 5.41) is 16.9. The van der Waals surface area contributed by atoms with E-state index in [1.54, 1.807) is 0 Å². The maximum Gasteiger partial charge on any atom is 1.00 e. The molecule has 0 fully saturated rings. The van der Waals surface area contributed by atoms with E-state index < -0.39 is 0 Å². The minimum atomic E-state index is -0.181. The molecule has 0 atom stereocenters. The van der Waals surface area contributed by atoms with E-state index in [0.29, 0.717) is 0 Å². The molecule has 0 saturated heterocycles. The molecule has 0 amide bonds. The number of unbranched alkanes of at least 4 members (excludes halogenated alkanes) is 14. The zero-order chi connectivity index (χ0) is 41.4. The van der Waals surface area contributed by atoms with E-state index in [0.717, 1.165) is 52.4 Å². The fraction of sp³-hybridized carbons (Fsp3) is 0.622. The van der Waals surface area contributed by atoms with Gasteiger partial charge in [0.05, 0.1) is 0 Å². The zero-order valence-corrected chi connectivity index (χ0v) is 45.9. The quantitative estimate of drug-likeness (QED) is 0.0129. The molecular weight excluding hydrogens is 883 g/mol. The predicted octanol–water partition coefficient (Wildman–Crippen LogP) is 7.31. The Balaban J connectivity index is -0.000000125. The van der Waals surface area contributed by atoms with Gasteiger partial charge in [-0.05, 0) is 38.8 Å². The van der Waals surface area contributed by atoms with Crippen LogP contribution in [0, 0.1) is 0 Å². The standard InChI is InChI=1S/C22H40N2.C10H20Br2.2C6H11N.CH2O3.2K/c1-5-17-23(18-6-2)21-15-13-11-9-10-12-14-16-22-24(19-7-3)20-8-4;11-9-7-5-3-1-2-4-6-8-10-12;2*1-3-5-7-6-4-2;2-1-4-3;;/h5-8H,1-4,9-22H2;1-10H2;2*3-4,7H,1-2,5-6H2;1,3H;;/q;;;;;;+1/p-1. The number of hydrogen-bond donors (Lipinski definition) is 2. The zero-order valence-electron chi connectivity index (χ0n) is 36.5. The van der Waals surface area contributed by atoms with Gasteiger partial charge in [-0.3, -0.25) is 14.6 Å². The molecule has 0 unspecified atom stereocenters. The van der Waals surface area contributed by atoms with Gasteiger partial charge in [0, 0.05) is 114 Å². The van der Waals surface area contributed by atoms with E-state index in [-0.39, 0.29) is 109 Å². The number of rotatable bonds is 37. The van der Waals surface area contributed by atoms with Gasteiger partial charge in [0.1, 0.15) is 0 Å². The van der Waals surface area contributed by atoms with E-state index in [9.17, 15) is 0 Å². The second-order valence-corrected chi connectivity index (χ2v) is 14.0. The molecule has 0 aromatic rings. The Bertz CT molecular complexity index is 715. The number of nitrogens with zero attached hydrogens (tertiary/aromatic N) is 2. The number of nitrogens with one attached hydrogen (secondary N) is 2. The van der Waals surface area contributed by atoms with Gasteiger partial charge < -0.3 is 20.8 Å². The molecule has 0 aliphatic heterocycles. The minimum Gasteiger partial charge on any atom is -0.662 e. The van der Waals surface area contributed by atoms with E-state index in [1.807, 2.05) is 48.6 Å². The molecule has 0 bridgehead atoms. The van der Waals surface area contributed by atoms with Gasteiger partial charge in [-0.2, -0.15) is 0 Å². The Morgan fingerprint density at radius 3 is 0.839 bits per heavy atom. The second-order valence-electron chi connectivity index (χ2n) is 12.4. The van der Waals surface area contributed by atoms with Gasteiger partial charge in [0.25, 0.3) is 6.47 Å². The summed E-state index contributed by atoms with van der Waals surface area (Å²) in [6, 6.07) is 0. The van der Waals surface area contributed by atoms with Crippen LogP contribution in [0.1, 0.15) is 103 Å². The normalized spacial score (nSPS) is 9.30. The van der Waals surface area contributed by atoms with Crippen LogP contribution in [0.4, 0.5) is 0 Å². The summed E-state index contributed by atoms with van der Waals surface area (Å²) in [6.07, 6.45) is 37.2. The molecule has 317 valence electrons. The number of carbonyl (C=O) groups is 1. The Morgan fingerprint density at radius 2 is 0.661 bits per heavy atom. The molecular formula is C45H83Br2K2N4O3. The molecule has 0 aliphatic rings. The van der Waals surface area contributed by atoms with Crippen LogP contribution >= 0.6 is 31.9 Å². The van der Waals surface area contributed by atoms with Gasteiger partial charge in [-0.1, -0.05) is 158 Å². The van der Waals surface area contributed by atoms with Crippen molar-refractivity contribution in [1.29, 1.82) is 0 Å². The first-order valence-corrected chi connectivity index (χ1v) is 22.3. The summed E-state index contributed by atoms with van der Waals surface area (Å²) in [7, 11) is 0. The van der Waals surface area contributed by atoms with Crippen molar-refractivity contribution in [2.75, 3.05) is 76.1 Å². The maximum atomic E-state index is 8.64. The summed E-state index contributed by atoms with van der Waals surface area (Å²) in [5.41, 5.74) is 0. The Kier molecular flexibility index (Phi) is 98.9. The van der Waals surface area contributed by atoms with Gasteiger partial charge in [-0.25, -0.2) is 0 Å². The maximum absolute atomic E-state index is 8.64. The van der Waals surface area contributed by atoms with Crippen molar-refractivity contribution in [1.82, 2.24) is 20.4 Å². The van der Waals surface area contributed by atoms with Crippen LogP contribution < -0.4 is 67.3 Å². The Hall–Kier alpha value is 1.42. The van der Waals surface area contributed by atoms with Crippen molar-refractivity contribution >= 4 is 89.7 Å². The van der Waals surface area contributed by atoms with Crippen molar-refractivity contribution in [2.24, 2.45) is 0 Å². The summed E-state index contributed by atoms with van der Waals surface area (Å²) in [6.45, 7) is 38.9. The van der Waals surface area contributed by atoms with E-state index >= 15 is 0 Å². The second kappa shape index (κ2) is 77.1. The molecule has 2 N–H and O–H groups in total. The monoisotopic (exact) mass is 963 g/mol. The van der Waals surface area contributed by atoms with Crippen molar-refractivity contribution in [3.8, 4) is 0 Å². The van der Waals surface area contributed by atoms with E-state index in [4.69, 9.17) is 10.1 Å². The molecule has 0 rings (SSSR count). The number of hydrogen-bond acceptors (Lipinski definition) is 7. The minimum absolute atomic E-state index is 0. The van der Waals surface area contributed by atoms with Crippen molar-refractivity contribution in [2.45, 2.75) is 103 Å². The molecule has 0 aromatic carbocycles. The summed E-state index contributed by atoms with van der Waals surface area (Å²) < 4.78 is 0. The third-order valence-electron chi connectivity index (χ3n) is 7.46. The first-order valence-electron chi connectivity index (χ1n) is 20.0. The number of alkyl halides is 2. The first kappa shape index (κ1) is 71.9. The van der Waals surface area contributed by atoms with Crippen LogP contribution in [0.5, 0.6) is 0 Å². The average molecular weight is 966 g/mol. The van der Waals surface area contributed by atoms with Crippen LogP contribution in [-0.4, -0.2) is 144 Å². The van der Waals surface area contributed by atoms with Crippen LogP contribution in [0.25, 0.3) is 0 Å².